The number of methoxy groups -OCH3 is 1. The number of benzene rings is 2. The summed E-state index contributed by atoms with van der Waals surface area (Å²) in [6.07, 6.45) is 16.6. The molecule has 4 heterocycles. The van der Waals surface area contributed by atoms with Crippen molar-refractivity contribution in [3.63, 3.8) is 0 Å². The average molecular weight is 627 g/mol. The topological polar surface area (TPSA) is 86.0 Å². The summed E-state index contributed by atoms with van der Waals surface area (Å²) in [6, 6.07) is 23.6. The third kappa shape index (κ3) is 6.11. The summed E-state index contributed by atoms with van der Waals surface area (Å²) in [5.74, 6) is 1.73. The number of aromatic nitrogens is 4. The lowest BCUT2D eigenvalue weighted by Crippen LogP contribution is -2.29. The van der Waals surface area contributed by atoms with E-state index in [2.05, 4.69) is 28.5 Å². The van der Waals surface area contributed by atoms with E-state index in [0.717, 1.165) is 57.9 Å². The monoisotopic (exact) mass is 626 g/mol. The van der Waals surface area contributed by atoms with E-state index < -0.39 is 0 Å². The van der Waals surface area contributed by atoms with E-state index in [4.69, 9.17) is 36.5 Å². The summed E-state index contributed by atoms with van der Waals surface area (Å²) in [7, 11) is 1.64. The van der Waals surface area contributed by atoms with E-state index in [-0.39, 0.29) is 0 Å². The highest BCUT2D eigenvalue weighted by Crippen LogP contribution is 2.36. The van der Waals surface area contributed by atoms with Crippen molar-refractivity contribution in [1.82, 2.24) is 19.6 Å². The van der Waals surface area contributed by atoms with E-state index in [0.29, 0.717) is 23.4 Å². The largest absolute Gasteiger partial charge is 0.497 e. The van der Waals surface area contributed by atoms with Crippen molar-refractivity contribution in [2.24, 2.45) is 0 Å². The summed E-state index contributed by atoms with van der Waals surface area (Å²) in [5.41, 5.74) is 7.15. The summed E-state index contributed by atoms with van der Waals surface area (Å²) < 4.78 is 18.5. The van der Waals surface area contributed by atoms with Crippen LogP contribution in [-0.2, 0) is 9.47 Å². The van der Waals surface area contributed by atoms with Crippen LogP contribution in [0.1, 0.15) is 18.4 Å². The highest BCUT2D eigenvalue weighted by Gasteiger charge is 2.23. The summed E-state index contributed by atoms with van der Waals surface area (Å²) in [6.45, 7) is 0.555. The predicted molar refractivity (Wildman–Crippen MR) is 183 cm³/mol. The number of fused-ring (bicyclic) bond motifs is 1. The first-order valence-electron chi connectivity index (χ1n) is 14.8. The summed E-state index contributed by atoms with van der Waals surface area (Å²) in [5, 5.41) is 8.38. The van der Waals surface area contributed by atoms with Crippen LogP contribution in [-0.4, -0.2) is 38.2 Å². The van der Waals surface area contributed by atoms with Gasteiger partial charge in [-0.05, 0) is 55.3 Å². The Morgan fingerprint density at radius 2 is 2.00 bits per heavy atom. The smallest absolute Gasteiger partial charge is 0.238 e. The van der Waals surface area contributed by atoms with Gasteiger partial charge in [-0.2, -0.15) is 5.10 Å². The van der Waals surface area contributed by atoms with E-state index >= 15 is 0 Å². The van der Waals surface area contributed by atoms with Gasteiger partial charge in [0.15, 0.2) is 6.26 Å². The van der Waals surface area contributed by atoms with Gasteiger partial charge >= 0.3 is 0 Å². The highest BCUT2D eigenvalue weighted by molar-refractivity contribution is 7.81. The fourth-order valence-corrected chi connectivity index (χ4v) is 5.64. The van der Waals surface area contributed by atoms with Crippen LogP contribution in [0.15, 0.2) is 134 Å². The van der Waals surface area contributed by atoms with Gasteiger partial charge in [0.25, 0.3) is 0 Å². The molecule has 5 aromatic rings. The van der Waals surface area contributed by atoms with Crippen LogP contribution in [0.25, 0.3) is 28.0 Å². The number of allylic oxidation sites excluding steroid dienone is 3. The second kappa shape index (κ2) is 13.1. The summed E-state index contributed by atoms with van der Waals surface area (Å²) in [4.78, 5) is 12.3. The Balaban J connectivity index is 1.27. The predicted octanol–water partition coefficient (Wildman–Crippen LogP) is 7.65. The lowest BCUT2D eigenvalue weighted by atomic mass is 10.0. The minimum Gasteiger partial charge on any atom is -0.497 e. The zero-order valence-electron chi connectivity index (χ0n) is 25.0. The van der Waals surface area contributed by atoms with Gasteiger partial charge in [0, 0.05) is 29.2 Å². The number of hydrogen-bond acceptors (Lipinski definition) is 8. The maximum absolute atomic E-state index is 5.83. The SMILES string of the molecule is COc1cccc(C(=S)Nc2cccc(-c3nn4ccccc4c3-c3ccnc(N(CC4=CC=CCC4)C4=COC=CO4)n3)c2)c1. The van der Waals surface area contributed by atoms with Crippen molar-refractivity contribution in [3.05, 3.63) is 139 Å². The zero-order chi connectivity index (χ0) is 31.3. The maximum Gasteiger partial charge on any atom is 0.238 e. The lowest BCUT2D eigenvalue weighted by Gasteiger charge is -2.26. The van der Waals surface area contributed by atoms with Crippen molar-refractivity contribution >= 4 is 34.4 Å². The number of nitrogens with one attached hydrogen (secondary N) is 1. The molecule has 10 heteroatoms. The molecule has 0 atom stereocenters. The molecule has 0 saturated carbocycles. The third-order valence-corrected chi connectivity index (χ3v) is 7.96. The number of anilines is 2. The molecule has 0 saturated heterocycles. The molecule has 0 unspecified atom stereocenters. The van der Waals surface area contributed by atoms with Gasteiger partial charge in [-0.15, -0.1) is 0 Å². The van der Waals surface area contributed by atoms with Crippen molar-refractivity contribution in [3.8, 4) is 28.3 Å². The van der Waals surface area contributed by atoms with Gasteiger partial charge in [0.05, 0.1) is 30.4 Å². The van der Waals surface area contributed by atoms with Gasteiger partial charge in [-0.1, -0.05) is 66.4 Å². The van der Waals surface area contributed by atoms with E-state index in [1.54, 1.807) is 19.6 Å². The van der Waals surface area contributed by atoms with Gasteiger partial charge < -0.3 is 19.5 Å². The Morgan fingerprint density at radius 1 is 1.07 bits per heavy atom. The molecule has 9 nitrogen and oxygen atoms in total. The Bertz CT molecular complexity index is 2050. The minimum atomic E-state index is 0.485. The molecule has 0 radical (unpaired) electrons. The molecule has 7 rings (SSSR count). The number of thiocarbonyl (C=S) groups is 1. The molecule has 1 aliphatic carbocycles. The molecule has 2 aliphatic rings. The first-order chi connectivity index (χ1) is 22.7. The number of rotatable bonds is 9. The van der Waals surface area contributed by atoms with Crippen molar-refractivity contribution in [2.75, 3.05) is 23.9 Å². The van der Waals surface area contributed by atoms with Gasteiger partial charge in [-0.3, -0.25) is 4.90 Å². The Morgan fingerprint density at radius 3 is 2.85 bits per heavy atom. The molecule has 3 aromatic heterocycles. The number of hydrogen-bond donors (Lipinski definition) is 1. The third-order valence-electron chi connectivity index (χ3n) is 7.63. The fourth-order valence-electron chi connectivity index (χ4n) is 5.40. The Hall–Kier alpha value is -5.74. The molecular formula is C36H30N6O3S. The molecule has 228 valence electrons. The number of nitrogens with zero attached hydrogens (tertiary/aromatic N) is 5. The second-order valence-corrected chi connectivity index (χ2v) is 11.0. The number of ether oxygens (including phenoxy) is 3. The molecule has 2 aromatic carbocycles. The first kappa shape index (κ1) is 29.0. The molecular weight excluding hydrogens is 597 g/mol. The second-order valence-electron chi connectivity index (χ2n) is 10.6. The highest BCUT2D eigenvalue weighted by atomic mass is 32.1. The van der Waals surface area contributed by atoms with Crippen molar-refractivity contribution < 1.29 is 14.2 Å². The van der Waals surface area contributed by atoms with Crippen molar-refractivity contribution in [2.45, 2.75) is 12.8 Å². The van der Waals surface area contributed by atoms with Gasteiger partial charge in [0.2, 0.25) is 11.8 Å². The lowest BCUT2D eigenvalue weighted by molar-refractivity contribution is 0.248. The summed E-state index contributed by atoms with van der Waals surface area (Å²) >= 11 is 5.73. The molecule has 1 aliphatic heterocycles. The van der Waals surface area contributed by atoms with Crippen LogP contribution in [0.3, 0.4) is 0 Å². The standard InChI is InChI=1S/C36H30N6O3S/c1-43-29-14-8-12-27(22-29)35(46)38-28-13-7-11-26(21-28)34-33(31-15-5-6-18-42(31)40-34)30-16-17-37-36(39-30)41(32-24-44-19-20-45-32)23-25-9-3-2-4-10-25/h2-3,5-9,11-22,24H,4,10,23H2,1H3,(H,38,46). The van der Waals surface area contributed by atoms with Gasteiger partial charge in [-0.25, -0.2) is 14.5 Å². The van der Waals surface area contributed by atoms with E-state index in [9.17, 15) is 0 Å². The van der Waals surface area contributed by atoms with E-state index in [1.165, 1.54) is 18.1 Å². The molecule has 0 bridgehead atoms. The Labute approximate surface area is 271 Å². The Kier molecular flexibility index (Phi) is 8.25. The van der Waals surface area contributed by atoms with Crippen LogP contribution in [0.2, 0.25) is 0 Å². The fraction of sp³-hybridized carbons (Fsp3) is 0.111. The van der Waals surface area contributed by atoms with Crippen LogP contribution in [0.4, 0.5) is 11.6 Å². The van der Waals surface area contributed by atoms with Crippen LogP contribution in [0, 0.1) is 0 Å². The molecule has 0 fully saturated rings. The number of pyridine rings is 1. The van der Waals surface area contributed by atoms with Crippen LogP contribution < -0.4 is 15.0 Å². The van der Waals surface area contributed by atoms with Crippen LogP contribution in [0.5, 0.6) is 5.75 Å². The molecule has 1 N–H and O–H groups in total. The molecule has 46 heavy (non-hydrogen) atoms. The molecule has 0 spiro atoms. The van der Waals surface area contributed by atoms with Crippen LogP contribution >= 0.6 is 12.2 Å². The van der Waals surface area contributed by atoms with Crippen molar-refractivity contribution in [1.29, 1.82) is 0 Å². The first-order valence-corrected chi connectivity index (χ1v) is 15.2. The average Bonchev–Trinajstić information content (AvgIpc) is 3.51. The normalized spacial score (nSPS) is 13.8. The maximum atomic E-state index is 5.83. The minimum absolute atomic E-state index is 0.485. The zero-order valence-corrected chi connectivity index (χ0v) is 25.9. The molecule has 0 amide bonds. The van der Waals surface area contributed by atoms with E-state index in [1.807, 2.05) is 88.4 Å². The quantitative estimate of drug-likeness (QED) is 0.166. The van der Waals surface area contributed by atoms with Gasteiger partial charge in [0.1, 0.15) is 29.0 Å².